The summed E-state index contributed by atoms with van der Waals surface area (Å²) in [6.07, 6.45) is -2.77. The largest absolute Gasteiger partial charge is 0.416 e. The van der Waals surface area contributed by atoms with E-state index in [1.54, 1.807) is 13.2 Å². The summed E-state index contributed by atoms with van der Waals surface area (Å²) in [7, 11) is 1.65. The third-order valence-electron chi connectivity index (χ3n) is 3.60. The molecular weight excluding hydrogens is 255 g/mol. The van der Waals surface area contributed by atoms with Crippen LogP contribution in [0.1, 0.15) is 24.5 Å². The van der Waals surface area contributed by atoms with Gasteiger partial charge < -0.3 is 9.64 Å². The summed E-state index contributed by atoms with van der Waals surface area (Å²) in [5.41, 5.74) is 1.13. The van der Waals surface area contributed by atoms with Gasteiger partial charge in [-0.3, -0.25) is 0 Å². The topological polar surface area (TPSA) is 12.5 Å². The highest BCUT2D eigenvalue weighted by Gasteiger charge is 2.33. The third-order valence-corrected chi connectivity index (χ3v) is 3.60. The van der Waals surface area contributed by atoms with Gasteiger partial charge in [0.25, 0.3) is 0 Å². The van der Waals surface area contributed by atoms with E-state index >= 15 is 0 Å². The van der Waals surface area contributed by atoms with Crippen molar-refractivity contribution in [3.63, 3.8) is 0 Å². The summed E-state index contributed by atoms with van der Waals surface area (Å²) in [5.74, 6) is 0. The van der Waals surface area contributed by atoms with Gasteiger partial charge in [0.1, 0.15) is 0 Å². The van der Waals surface area contributed by atoms with Gasteiger partial charge >= 0.3 is 6.18 Å². The number of likely N-dealkylation sites (N-methyl/N-ethyl adjacent to an activating group) is 1. The van der Waals surface area contributed by atoms with Crippen molar-refractivity contribution in [1.29, 1.82) is 0 Å². The number of halogens is 3. The standard InChI is InChI=1S/C14H18F3NO/c1-3-18-12(9-19-2)6-4-10-8-11(14(15,16)17)5-7-13(10)18/h5,7-8,12H,3-4,6,9H2,1-2H3. The molecule has 2 nitrogen and oxygen atoms in total. The molecular formula is C14H18F3NO. The Kier molecular flexibility index (Phi) is 4.04. The van der Waals surface area contributed by atoms with Crippen LogP contribution in [0, 0.1) is 0 Å². The molecule has 0 aliphatic carbocycles. The SMILES string of the molecule is CCN1c2ccc(C(F)(F)F)cc2CCC1COC. The average Bonchev–Trinajstić information content (AvgIpc) is 2.37. The number of anilines is 1. The zero-order valence-electron chi connectivity index (χ0n) is 11.1. The lowest BCUT2D eigenvalue weighted by Gasteiger charge is -2.38. The first-order valence-corrected chi connectivity index (χ1v) is 6.43. The van der Waals surface area contributed by atoms with Gasteiger partial charge in [0.15, 0.2) is 0 Å². The second kappa shape index (κ2) is 5.41. The van der Waals surface area contributed by atoms with Crippen LogP contribution >= 0.6 is 0 Å². The first-order chi connectivity index (χ1) is 8.97. The van der Waals surface area contributed by atoms with Crippen LogP contribution in [0.25, 0.3) is 0 Å². The van der Waals surface area contributed by atoms with Crippen LogP contribution in [0.5, 0.6) is 0 Å². The van der Waals surface area contributed by atoms with E-state index < -0.39 is 11.7 Å². The molecule has 1 atom stereocenters. The minimum Gasteiger partial charge on any atom is -0.383 e. The Labute approximate surface area is 111 Å². The maximum atomic E-state index is 12.7. The molecule has 106 valence electrons. The van der Waals surface area contributed by atoms with Crippen LogP contribution in [-0.2, 0) is 17.3 Å². The average molecular weight is 273 g/mol. The minimum absolute atomic E-state index is 0.249. The number of aryl methyl sites for hydroxylation is 1. The van der Waals surface area contributed by atoms with Crippen LogP contribution < -0.4 is 4.90 Å². The van der Waals surface area contributed by atoms with E-state index in [1.807, 2.05) is 6.92 Å². The van der Waals surface area contributed by atoms with Crippen molar-refractivity contribution in [2.45, 2.75) is 32.0 Å². The van der Waals surface area contributed by atoms with Crippen molar-refractivity contribution < 1.29 is 17.9 Å². The van der Waals surface area contributed by atoms with Crippen LogP contribution in [0.4, 0.5) is 18.9 Å². The summed E-state index contributed by atoms with van der Waals surface area (Å²) in [6.45, 7) is 3.39. The van der Waals surface area contributed by atoms with Crippen LogP contribution in [-0.4, -0.2) is 26.3 Å². The fourth-order valence-electron chi connectivity index (χ4n) is 2.71. The lowest BCUT2D eigenvalue weighted by Crippen LogP contribution is -2.42. The van der Waals surface area contributed by atoms with Gasteiger partial charge in [0, 0.05) is 19.3 Å². The van der Waals surface area contributed by atoms with Gasteiger partial charge in [0.2, 0.25) is 0 Å². The smallest absolute Gasteiger partial charge is 0.383 e. The first kappa shape index (κ1) is 14.2. The quantitative estimate of drug-likeness (QED) is 0.836. The van der Waals surface area contributed by atoms with E-state index in [-0.39, 0.29) is 6.04 Å². The lowest BCUT2D eigenvalue weighted by molar-refractivity contribution is -0.137. The van der Waals surface area contributed by atoms with Crippen molar-refractivity contribution >= 4 is 5.69 Å². The maximum absolute atomic E-state index is 12.7. The van der Waals surface area contributed by atoms with Gasteiger partial charge in [-0.25, -0.2) is 0 Å². The normalized spacial score (nSPS) is 19.4. The lowest BCUT2D eigenvalue weighted by atomic mass is 9.94. The highest BCUT2D eigenvalue weighted by molar-refractivity contribution is 5.58. The number of hydrogen-bond donors (Lipinski definition) is 0. The van der Waals surface area contributed by atoms with Crippen molar-refractivity contribution in [3.8, 4) is 0 Å². The van der Waals surface area contributed by atoms with Crippen molar-refractivity contribution in [3.05, 3.63) is 29.3 Å². The molecule has 2 rings (SSSR count). The molecule has 1 aliphatic rings. The number of methoxy groups -OCH3 is 1. The molecule has 1 aliphatic heterocycles. The van der Waals surface area contributed by atoms with Crippen LogP contribution in [0.15, 0.2) is 18.2 Å². The maximum Gasteiger partial charge on any atom is 0.416 e. The molecule has 1 aromatic carbocycles. The second-order valence-electron chi connectivity index (χ2n) is 4.78. The van der Waals surface area contributed by atoms with Crippen molar-refractivity contribution in [1.82, 2.24) is 0 Å². The van der Waals surface area contributed by atoms with Crippen LogP contribution in [0.3, 0.4) is 0 Å². The monoisotopic (exact) mass is 273 g/mol. The Morgan fingerprint density at radius 2 is 2.11 bits per heavy atom. The predicted octanol–water partition coefficient (Wildman–Crippen LogP) is 3.49. The third kappa shape index (κ3) is 2.86. The zero-order valence-corrected chi connectivity index (χ0v) is 11.1. The molecule has 1 aromatic rings. The molecule has 5 heteroatoms. The van der Waals surface area contributed by atoms with E-state index in [0.29, 0.717) is 13.0 Å². The molecule has 19 heavy (non-hydrogen) atoms. The second-order valence-corrected chi connectivity index (χ2v) is 4.78. The van der Waals surface area contributed by atoms with Crippen LogP contribution in [0.2, 0.25) is 0 Å². The molecule has 0 fully saturated rings. The molecule has 0 spiro atoms. The summed E-state index contributed by atoms with van der Waals surface area (Å²) in [5, 5.41) is 0. The molecule has 1 heterocycles. The summed E-state index contributed by atoms with van der Waals surface area (Å²) in [6, 6.07) is 4.28. The number of ether oxygens (including phenoxy) is 1. The molecule has 0 aromatic heterocycles. The number of rotatable bonds is 3. The fourth-order valence-corrected chi connectivity index (χ4v) is 2.71. The van der Waals surface area contributed by atoms with Gasteiger partial charge in [-0.15, -0.1) is 0 Å². The molecule has 0 N–H and O–H groups in total. The van der Waals surface area contributed by atoms with Gasteiger partial charge in [-0.1, -0.05) is 0 Å². The minimum atomic E-state index is -4.27. The molecule has 0 amide bonds. The molecule has 0 bridgehead atoms. The van der Waals surface area contributed by atoms with E-state index in [1.165, 1.54) is 6.07 Å². The van der Waals surface area contributed by atoms with E-state index in [2.05, 4.69) is 4.90 Å². The number of fused-ring (bicyclic) bond motifs is 1. The molecule has 0 saturated carbocycles. The Hall–Kier alpha value is -1.23. The van der Waals surface area contributed by atoms with E-state index in [4.69, 9.17) is 4.74 Å². The zero-order chi connectivity index (χ0) is 14.0. The number of benzene rings is 1. The van der Waals surface area contributed by atoms with Crippen molar-refractivity contribution in [2.75, 3.05) is 25.2 Å². The Balaban J connectivity index is 2.33. The molecule has 0 radical (unpaired) electrons. The Morgan fingerprint density at radius 3 is 2.68 bits per heavy atom. The van der Waals surface area contributed by atoms with E-state index in [0.717, 1.165) is 30.3 Å². The highest BCUT2D eigenvalue weighted by atomic mass is 19.4. The number of alkyl halides is 3. The summed E-state index contributed by atoms with van der Waals surface area (Å²) in [4.78, 5) is 2.13. The summed E-state index contributed by atoms with van der Waals surface area (Å²) >= 11 is 0. The fraction of sp³-hybridized carbons (Fsp3) is 0.571. The van der Waals surface area contributed by atoms with Gasteiger partial charge in [0.05, 0.1) is 18.2 Å². The Morgan fingerprint density at radius 1 is 1.37 bits per heavy atom. The molecule has 1 unspecified atom stereocenters. The van der Waals surface area contributed by atoms with Crippen molar-refractivity contribution in [2.24, 2.45) is 0 Å². The molecule has 0 saturated heterocycles. The van der Waals surface area contributed by atoms with E-state index in [9.17, 15) is 13.2 Å². The van der Waals surface area contributed by atoms with Gasteiger partial charge in [-0.2, -0.15) is 13.2 Å². The predicted molar refractivity (Wildman–Crippen MR) is 68.4 cm³/mol. The summed E-state index contributed by atoms with van der Waals surface area (Å²) < 4.78 is 43.3. The Bertz CT molecular complexity index is 445. The number of nitrogens with zero attached hydrogens (tertiary/aromatic N) is 1. The van der Waals surface area contributed by atoms with Gasteiger partial charge in [-0.05, 0) is 43.5 Å². The highest BCUT2D eigenvalue weighted by Crippen LogP contribution is 2.36. The number of hydrogen-bond acceptors (Lipinski definition) is 2. The first-order valence-electron chi connectivity index (χ1n) is 6.43.